The maximum atomic E-state index is 12.5. The van der Waals surface area contributed by atoms with E-state index in [1.165, 1.54) is 10.7 Å². The number of nitrogens with one attached hydrogen (secondary N) is 2. The lowest BCUT2D eigenvalue weighted by Crippen LogP contribution is -2.23. The van der Waals surface area contributed by atoms with Gasteiger partial charge in [0.1, 0.15) is 0 Å². The highest BCUT2D eigenvalue weighted by molar-refractivity contribution is 5.82. The third kappa shape index (κ3) is 5.60. The minimum atomic E-state index is -1.04. The summed E-state index contributed by atoms with van der Waals surface area (Å²) in [5, 5.41) is 18.3. The number of aromatic amines is 1. The Morgan fingerprint density at radius 2 is 1.95 bits per heavy atom. The molecular formula is C28H27N7O3. The monoisotopic (exact) mass is 509 g/mol. The molecule has 0 saturated carbocycles. The minimum Gasteiger partial charge on any atom is -0.369 e. The van der Waals surface area contributed by atoms with E-state index in [0.29, 0.717) is 29.1 Å². The van der Waals surface area contributed by atoms with Crippen LogP contribution in [0, 0.1) is 0 Å². The highest BCUT2D eigenvalue weighted by Gasteiger charge is 2.13. The van der Waals surface area contributed by atoms with Crippen molar-refractivity contribution in [2.75, 3.05) is 19.4 Å². The first-order chi connectivity index (χ1) is 18.4. The molecule has 3 heterocycles. The predicted molar refractivity (Wildman–Crippen MR) is 144 cm³/mol. The normalized spacial score (nSPS) is 11.9. The summed E-state index contributed by atoms with van der Waals surface area (Å²) < 4.78 is 1.39. The van der Waals surface area contributed by atoms with Crippen molar-refractivity contribution in [1.82, 2.24) is 29.6 Å². The van der Waals surface area contributed by atoms with Crippen LogP contribution in [0.5, 0.6) is 0 Å². The van der Waals surface area contributed by atoms with E-state index in [0.717, 1.165) is 22.2 Å². The number of rotatable bonds is 8. The lowest BCUT2D eigenvalue weighted by atomic mass is 10.1. The van der Waals surface area contributed by atoms with Gasteiger partial charge in [0.25, 0.3) is 5.56 Å². The van der Waals surface area contributed by atoms with Gasteiger partial charge in [-0.2, -0.15) is 5.10 Å². The second kappa shape index (κ2) is 10.7. The van der Waals surface area contributed by atoms with E-state index in [2.05, 4.69) is 25.4 Å². The van der Waals surface area contributed by atoms with Gasteiger partial charge in [0.15, 0.2) is 6.23 Å². The molecule has 10 nitrogen and oxygen atoms in total. The van der Waals surface area contributed by atoms with Crippen molar-refractivity contribution in [2.45, 2.75) is 19.2 Å². The van der Waals surface area contributed by atoms with Crippen molar-refractivity contribution in [3.05, 3.63) is 106 Å². The summed E-state index contributed by atoms with van der Waals surface area (Å²) in [5.41, 5.74) is 5.00. The number of hydrogen-bond acceptors (Lipinski definition) is 7. The van der Waals surface area contributed by atoms with Gasteiger partial charge in [-0.15, -0.1) is 0 Å². The van der Waals surface area contributed by atoms with Crippen LogP contribution in [0.3, 0.4) is 0 Å². The Kier molecular flexibility index (Phi) is 6.96. The summed E-state index contributed by atoms with van der Waals surface area (Å²) in [6.07, 6.45) is 2.63. The molecule has 1 amide bonds. The molecule has 10 heteroatoms. The molecule has 0 saturated heterocycles. The zero-order valence-electron chi connectivity index (χ0n) is 21.0. The van der Waals surface area contributed by atoms with Crippen LogP contribution in [0.4, 0.5) is 5.95 Å². The highest BCUT2D eigenvalue weighted by atomic mass is 16.3. The van der Waals surface area contributed by atoms with Crippen molar-refractivity contribution in [3.63, 3.8) is 0 Å². The second-order valence-corrected chi connectivity index (χ2v) is 9.15. The lowest BCUT2D eigenvalue weighted by molar-refractivity contribution is -0.127. The minimum absolute atomic E-state index is 0.0128. The largest absolute Gasteiger partial charge is 0.369 e. The molecule has 0 aliphatic carbocycles. The van der Waals surface area contributed by atoms with Crippen molar-refractivity contribution in [1.29, 1.82) is 0 Å². The van der Waals surface area contributed by atoms with Gasteiger partial charge in [0.2, 0.25) is 11.9 Å². The van der Waals surface area contributed by atoms with E-state index in [9.17, 15) is 14.7 Å². The van der Waals surface area contributed by atoms with E-state index in [-0.39, 0.29) is 18.0 Å². The Balaban J connectivity index is 1.31. The average molecular weight is 510 g/mol. The van der Waals surface area contributed by atoms with E-state index in [1.807, 2.05) is 48.5 Å². The zero-order valence-corrected chi connectivity index (χ0v) is 21.0. The van der Waals surface area contributed by atoms with Crippen molar-refractivity contribution < 1.29 is 9.90 Å². The van der Waals surface area contributed by atoms with Gasteiger partial charge in [0.05, 0.1) is 29.7 Å². The van der Waals surface area contributed by atoms with Crippen LogP contribution < -0.4 is 10.9 Å². The molecule has 0 spiro atoms. The van der Waals surface area contributed by atoms with Gasteiger partial charge in [-0.05, 0) is 47.5 Å². The number of carbonyl (C=O) groups excluding carboxylic acids is 1. The van der Waals surface area contributed by atoms with Gasteiger partial charge in [0, 0.05) is 43.7 Å². The molecule has 0 radical (unpaired) electrons. The summed E-state index contributed by atoms with van der Waals surface area (Å²) in [6.45, 7) is 0.243. The first-order valence-corrected chi connectivity index (χ1v) is 12.1. The highest BCUT2D eigenvalue weighted by Crippen LogP contribution is 2.21. The number of fused-ring (bicyclic) bond motifs is 1. The SMILES string of the molecule is CN(C)C(=O)Cc1ccc2nc(NC(O)c3cccc(Cn4nc(-c5cccnc5)ccc4=O)c3)[nH]c2c1. The molecule has 192 valence electrons. The first-order valence-electron chi connectivity index (χ1n) is 12.1. The maximum absolute atomic E-state index is 12.5. The first kappa shape index (κ1) is 24.8. The van der Waals surface area contributed by atoms with Crippen LogP contribution >= 0.6 is 0 Å². The third-order valence-corrected chi connectivity index (χ3v) is 6.10. The number of aromatic nitrogens is 5. The number of likely N-dealkylation sites (N-methyl/N-ethyl adjacent to an activating group) is 1. The van der Waals surface area contributed by atoms with Gasteiger partial charge >= 0.3 is 0 Å². The summed E-state index contributed by atoms with van der Waals surface area (Å²) in [4.78, 5) is 37.8. The number of H-pyrrole nitrogens is 1. The summed E-state index contributed by atoms with van der Waals surface area (Å²) in [6, 6.07) is 19.7. The number of amides is 1. The van der Waals surface area contributed by atoms with Crippen LogP contribution in [0.1, 0.15) is 22.9 Å². The molecule has 0 bridgehead atoms. The summed E-state index contributed by atoms with van der Waals surface area (Å²) in [5.74, 6) is 0.412. The molecule has 5 aromatic rings. The molecule has 1 unspecified atom stereocenters. The molecule has 5 rings (SSSR count). The van der Waals surface area contributed by atoms with Gasteiger partial charge in [-0.25, -0.2) is 9.67 Å². The Bertz CT molecular complexity index is 1640. The maximum Gasteiger partial charge on any atom is 0.267 e. The molecule has 0 aliphatic rings. The number of aliphatic hydroxyl groups excluding tert-OH is 1. The Labute approximate surface area is 218 Å². The second-order valence-electron chi connectivity index (χ2n) is 9.15. The van der Waals surface area contributed by atoms with Gasteiger partial charge in [-0.1, -0.05) is 24.3 Å². The number of aliphatic hydroxyl groups is 1. The van der Waals surface area contributed by atoms with Gasteiger partial charge in [-0.3, -0.25) is 14.6 Å². The number of hydrogen-bond donors (Lipinski definition) is 3. The number of carbonyl (C=O) groups is 1. The number of nitrogens with zero attached hydrogens (tertiary/aromatic N) is 5. The Hall–Kier alpha value is -4.83. The van der Waals surface area contributed by atoms with Crippen LogP contribution in [-0.4, -0.2) is 54.7 Å². The van der Waals surface area contributed by atoms with Crippen molar-refractivity contribution >= 4 is 22.9 Å². The average Bonchev–Trinajstić information content (AvgIpc) is 3.32. The van der Waals surface area contributed by atoms with Crippen molar-refractivity contribution in [3.8, 4) is 11.3 Å². The quantitative estimate of drug-likeness (QED) is 0.274. The topological polar surface area (TPSA) is 129 Å². The predicted octanol–water partition coefficient (Wildman–Crippen LogP) is 2.96. The molecule has 0 aliphatic heterocycles. The molecule has 3 aromatic heterocycles. The molecule has 2 aromatic carbocycles. The number of anilines is 1. The number of imidazole rings is 1. The fourth-order valence-corrected chi connectivity index (χ4v) is 4.05. The molecular weight excluding hydrogens is 482 g/mol. The van der Waals surface area contributed by atoms with Crippen LogP contribution in [0.25, 0.3) is 22.3 Å². The smallest absolute Gasteiger partial charge is 0.267 e. The molecule has 3 N–H and O–H groups in total. The van der Waals surface area contributed by atoms with E-state index >= 15 is 0 Å². The zero-order chi connectivity index (χ0) is 26.6. The standard InChI is InChI=1S/C28H27N7O3/c1-34(2)26(37)15-18-8-9-23-24(14-18)31-28(30-23)32-27(38)20-6-3-5-19(13-20)17-35-25(36)11-10-22(33-35)21-7-4-12-29-16-21/h3-14,16,27,38H,15,17H2,1-2H3,(H2,30,31,32). The molecule has 38 heavy (non-hydrogen) atoms. The summed E-state index contributed by atoms with van der Waals surface area (Å²) in [7, 11) is 3.45. The van der Waals surface area contributed by atoms with Crippen molar-refractivity contribution in [2.24, 2.45) is 0 Å². The van der Waals surface area contributed by atoms with E-state index in [4.69, 9.17) is 0 Å². The molecule has 0 fully saturated rings. The van der Waals surface area contributed by atoms with Crippen LogP contribution in [0.15, 0.2) is 83.9 Å². The van der Waals surface area contributed by atoms with E-state index in [1.54, 1.807) is 43.5 Å². The molecule has 1 atom stereocenters. The van der Waals surface area contributed by atoms with Gasteiger partial charge < -0.3 is 20.3 Å². The number of pyridine rings is 1. The van der Waals surface area contributed by atoms with E-state index < -0.39 is 6.23 Å². The Morgan fingerprint density at radius 1 is 1.08 bits per heavy atom. The lowest BCUT2D eigenvalue weighted by Gasteiger charge is -2.14. The Morgan fingerprint density at radius 3 is 2.74 bits per heavy atom. The van der Waals surface area contributed by atoms with Crippen LogP contribution in [0.2, 0.25) is 0 Å². The fourth-order valence-electron chi connectivity index (χ4n) is 4.05. The fraction of sp³-hybridized carbons (Fsp3) is 0.179. The third-order valence-electron chi connectivity index (χ3n) is 6.10. The number of benzene rings is 2. The summed E-state index contributed by atoms with van der Waals surface area (Å²) >= 11 is 0. The van der Waals surface area contributed by atoms with Crippen LogP contribution in [-0.2, 0) is 17.8 Å².